The Bertz CT molecular complexity index is 1090. The number of alkyl halides is 3. The third-order valence-corrected chi connectivity index (χ3v) is 5.77. The van der Waals surface area contributed by atoms with Crippen molar-refractivity contribution >= 4 is 21.6 Å². The van der Waals surface area contributed by atoms with Crippen molar-refractivity contribution in [2.24, 2.45) is 11.1 Å². The number of sulfonamides is 1. The molecule has 0 saturated carbocycles. The number of primary sulfonamides is 1. The van der Waals surface area contributed by atoms with Gasteiger partial charge in [-0.3, -0.25) is 0 Å². The maximum absolute atomic E-state index is 13.3. The Hall–Kier alpha value is -2.30. The average molecular weight is 448 g/mol. The average Bonchev–Trinajstić information content (AvgIpc) is 3.08. The van der Waals surface area contributed by atoms with E-state index in [-0.39, 0.29) is 21.7 Å². The van der Waals surface area contributed by atoms with Gasteiger partial charge in [-0.15, -0.1) is 0 Å². The molecule has 156 valence electrons. The van der Waals surface area contributed by atoms with Crippen LogP contribution in [0, 0.1) is 5.92 Å². The third-order valence-electron chi connectivity index (χ3n) is 4.53. The lowest BCUT2D eigenvalue weighted by Crippen LogP contribution is -2.16. The lowest BCUT2D eigenvalue weighted by molar-refractivity contribution is -0.141. The number of halogens is 4. The molecule has 2 aromatic rings. The normalized spacial score (nSPS) is 20.2. The molecule has 2 unspecified atom stereocenters. The number of methoxy groups -OCH3 is 1. The van der Waals surface area contributed by atoms with Gasteiger partial charge in [-0.2, -0.15) is 13.2 Å². The molecule has 1 aliphatic carbocycles. The Morgan fingerprint density at radius 3 is 2.34 bits per heavy atom. The second kappa shape index (κ2) is 7.51. The van der Waals surface area contributed by atoms with Crippen molar-refractivity contribution in [2.45, 2.75) is 23.9 Å². The molecular formula is C18H17ClF3N3O3S. The van der Waals surface area contributed by atoms with Gasteiger partial charge in [-0.1, -0.05) is 24.6 Å². The summed E-state index contributed by atoms with van der Waals surface area (Å²) in [6.07, 6.45) is -0.489. The van der Waals surface area contributed by atoms with Gasteiger partial charge in [0.05, 0.1) is 17.0 Å². The van der Waals surface area contributed by atoms with Crippen molar-refractivity contribution in [2.75, 3.05) is 7.11 Å². The van der Waals surface area contributed by atoms with E-state index in [0.717, 1.165) is 6.20 Å². The van der Waals surface area contributed by atoms with E-state index < -0.39 is 27.8 Å². The molecule has 0 fully saturated rings. The smallest absolute Gasteiger partial charge is 0.434 e. The number of imidazole rings is 1. The Kier molecular flexibility index (Phi) is 5.54. The third kappa shape index (κ3) is 4.34. The quantitative estimate of drug-likeness (QED) is 0.769. The lowest BCUT2D eigenvalue weighted by atomic mass is 9.88. The van der Waals surface area contributed by atoms with Crippen LogP contribution in [-0.2, 0) is 20.9 Å². The predicted octanol–water partition coefficient (Wildman–Crippen LogP) is 3.92. The zero-order chi connectivity index (χ0) is 21.6. The van der Waals surface area contributed by atoms with E-state index in [4.69, 9.17) is 21.5 Å². The number of allylic oxidation sites excluding steroid dienone is 3. The van der Waals surface area contributed by atoms with Crippen LogP contribution in [-0.4, -0.2) is 25.1 Å². The molecule has 3 rings (SSSR count). The summed E-state index contributed by atoms with van der Waals surface area (Å²) in [5, 5.41) is 5.34. The molecular weight excluding hydrogens is 431 g/mol. The molecule has 29 heavy (non-hydrogen) atoms. The Balaban J connectivity index is 2.13. The first-order chi connectivity index (χ1) is 13.4. The number of ether oxygens (including phenoxy) is 1. The summed E-state index contributed by atoms with van der Waals surface area (Å²) in [5.41, 5.74) is -0.769. The fraction of sp³-hybridized carbons (Fsp3) is 0.278. The number of rotatable bonds is 4. The minimum atomic E-state index is -4.65. The molecule has 0 saturated heterocycles. The van der Waals surface area contributed by atoms with Gasteiger partial charge < -0.3 is 9.30 Å². The van der Waals surface area contributed by atoms with Crippen LogP contribution in [0.5, 0.6) is 0 Å². The van der Waals surface area contributed by atoms with Crippen molar-refractivity contribution in [3.63, 3.8) is 0 Å². The molecule has 0 bridgehead atoms. The molecule has 1 aliphatic rings. The van der Waals surface area contributed by atoms with Crippen molar-refractivity contribution in [3.8, 4) is 5.69 Å². The maximum atomic E-state index is 13.3. The van der Waals surface area contributed by atoms with Gasteiger partial charge in [-0.05, 0) is 36.3 Å². The predicted molar refractivity (Wildman–Crippen MR) is 101 cm³/mol. The van der Waals surface area contributed by atoms with Crippen LogP contribution >= 0.6 is 11.6 Å². The van der Waals surface area contributed by atoms with Crippen molar-refractivity contribution < 1.29 is 26.3 Å². The Labute approximate surface area is 170 Å². The largest absolute Gasteiger partial charge is 0.496 e. The first-order valence-electron chi connectivity index (χ1n) is 8.35. The highest BCUT2D eigenvalue weighted by Gasteiger charge is 2.37. The molecule has 0 aliphatic heterocycles. The van der Waals surface area contributed by atoms with Gasteiger partial charge in [0.2, 0.25) is 10.0 Å². The minimum absolute atomic E-state index is 0.109. The summed E-state index contributed by atoms with van der Waals surface area (Å²) < 4.78 is 69.3. The summed E-state index contributed by atoms with van der Waals surface area (Å²) in [6, 6.07) is 5.16. The summed E-state index contributed by atoms with van der Waals surface area (Å²) in [5.74, 6) is -0.270. The van der Waals surface area contributed by atoms with Gasteiger partial charge in [0, 0.05) is 17.8 Å². The summed E-state index contributed by atoms with van der Waals surface area (Å²) >= 11 is 6.19. The zero-order valence-electron chi connectivity index (χ0n) is 15.3. The summed E-state index contributed by atoms with van der Waals surface area (Å²) in [7, 11) is -2.48. The molecule has 2 atom stereocenters. The second-order valence-electron chi connectivity index (χ2n) is 6.53. The Morgan fingerprint density at radius 2 is 1.83 bits per heavy atom. The van der Waals surface area contributed by atoms with Gasteiger partial charge in [0.1, 0.15) is 11.6 Å². The molecule has 1 aromatic heterocycles. The number of aromatic nitrogens is 2. The minimum Gasteiger partial charge on any atom is -0.496 e. The van der Waals surface area contributed by atoms with E-state index in [1.807, 2.05) is 0 Å². The molecule has 11 heteroatoms. The number of hydrogen-bond acceptors (Lipinski definition) is 4. The number of hydrogen-bond donors (Lipinski definition) is 1. The van der Waals surface area contributed by atoms with E-state index in [2.05, 4.69) is 4.98 Å². The SMILES string of the molecule is COC1=CC(C)C(c2nc(C(F)(F)F)cn2-c2ccc(S(N)(=O)=O)cc2)C=C1Cl. The molecule has 0 spiro atoms. The van der Waals surface area contributed by atoms with Gasteiger partial charge in [0.25, 0.3) is 0 Å². The topological polar surface area (TPSA) is 87.2 Å². The number of nitrogens with two attached hydrogens (primary N) is 1. The van der Waals surface area contributed by atoms with Gasteiger partial charge in [0.15, 0.2) is 5.69 Å². The van der Waals surface area contributed by atoms with Gasteiger partial charge in [-0.25, -0.2) is 18.5 Å². The first kappa shape index (κ1) is 21.4. The van der Waals surface area contributed by atoms with Crippen LogP contribution in [0.4, 0.5) is 13.2 Å². The lowest BCUT2D eigenvalue weighted by Gasteiger charge is -2.24. The van der Waals surface area contributed by atoms with E-state index in [0.29, 0.717) is 11.4 Å². The van der Waals surface area contributed by atoms with Crippen LogP contribution in [0.15, 0.2) is 58.3 Å². The van der Waals surface area contributed by atoms with Crippen LogP contribution in [0.3, 0.4) is 0 Å². The monoisotopic (exact) mass is 447 g/mol. The molecule has 0 amide bonds. The highest BCUT2D eigenvalue weighted by atomic mass is 35.5. The van der Waals surface area contributed by atoms with Crippen molar-refractivity contribution in [1.82, 2.24) is 9.55 Å². The van der Waals surface area contributed by atoms with Crippen LogP contribution in [0.2, 0.25) is 0 Å². The first-order valence-corrected chi connectivity index (χ1v) is 10.3. The highest BCUT2D eigenvalue weighted by Crippen LogP contribution is 2.39. The molecule has 1 aromatic carbocycles. The molecule has 6 nitrogen and oxygen atoms in total. The van der Waals surface area contributed by atoms with Gasteiger partial charge >= 0.3 is 6.18 Å². The fourth-order valence-corrected chi connectivity index (χ4v) is 3.85. The Morgan fingerprint density at radius 1 is 1.21 bits per heavy atom. The fourth-order valence-electron chi connectivity index (χ4n) is 3.06. The van der Waals surface area contributed by atoms with E-state index in [1.54, 1.807) is 19.1 Å². The van der Waals surface area contributed by atoms with E-state index in [9.17, 15) is 21.6 Å². The van der Waals surface area contributed by atoms with Crippen LogP contribution < -0.4 is 5.14 Å². The number of benzene rings is 1. The summed E-state index contributed by atoms with van der Waals surface area (Å²) in [6.45, 7) is 1.81. The van der Waals surface area contributed by atoms with E-state index >= 15 is 0 Å². The standard InChI is InChI=1S/C18H17ClF3N3O3S/c1-10-7-15(28-2)14(19)8-13(10)17-24-16(18(20,21)22)9-25(17)11-3-5-12(6-4-11)29(23,26)27/h3-10,13H,1-2H3,(H2,23,26,27). The van der Waals surface area contributed by atoms with Crippen LogP contribution in [0.1, 0.15) is 24.4 Å². The maximum Gasteiger partial charge on any atom is 0.434 e. The van der Waals surface area contributed by atoms with Crippen LogP contribution in [0.25, 0.3) is 5.69 Å². The molecule has 2 N–H and O–H groups in total. The second-order valence-corrected chi connectivity index (χ2v) is 8.49. The number of nitrogens with zero attached hydrogens (tertiary/aromatic N) is 2. The summed E-state index contributed by atoms with van der Waals surface area (Å²) in [4.78, 5) is 3.66. The molecule has 0 radical (unpaired) electrons. The molecule has 1 heterocycles. The van der Waals surface area contributed by atoms with E-state index in [1.165, 1.54) is 35.9 Å². The van der Waals surface area contributed by atoms with Crippen molar-refractivity contribution in [3.05, 3.63) is 64.9 Å². The zero-order valence-corrected chi connectivity index (χ0v) is 16.9. The van der Waals surface area contributed by atoms with Crippen molar-refractivity contribution in [1.29, 1.82) is 0 Å². The highest BCUT2D eigenvalue weighted by molar-refractivity contribution is 7.89.